The summed E-state index contributed by atoms with van der Waals surface area (Å²) in [6.07, 6.45) is 0.0706. The molecule has 0 fully saturated rings. The molecule has 1 atom stereocenters. The molecule has 0 aliphatic heterocycles. The Morgan fingerprint density at radius 1 is 1.13 bits per heavy atom. The number of ether oxygens (including phenoxy) is 2. The molecule has 2 aromatic carbocycles. The molecule has 1 aromatic heterocycles. The van der Waals surface area contributed by atoms with Crippen molar-refractivity contribution in [2.45, 2.75) is 26.2 Å². The number of esters is 1. The monoisotopic (exact) mass is 443 g/mol. The normalized spacial score (nSPS) is 11.9. The van der Waals surface area contributed by atoms with Crippen LogP contribution in [0.3, 0.4) is 0 Å². The van der Waals surface area contributed by atoms with E-state index >= 15 is 0 Å². The molecule has 3 aromatic rings. The summed E-state index contributed by atoms with van der Waals surface area (Å²) in [5, 5.41) is 11.0. The minimum Gasteiger partial charge on any atom is -0.497 e. The lowest BCUT2D eigenvalue weighted by molar-refractivity contribution is -0.144. The number of fused-ring (bicyclic) bond motifs is 1. The number of aliphatic carboxylic acids is 1. The van der Waals surface area contributed by atoms with Crippen LogP contribution in [0, 0.1) is 6.92 Å². The first kappa shape index (κ1) is 22.4. The van der Waals surface area contributed by atoms with Crippen molar-refractivity contribution in [2.75, 3.05) is 13.7 Å². The summed E-state index contributed by atoms with van der Waals surface area (Å²) in [4.78, 5) is 36.6. The van der Waals surface area contributed by atoms with Crippen molar-refractivity contribution in [1.82, 2.24) is 4.57 Å². The molecule has 0 radical (unpaired) electrons. The second-order valence-corrected chi connectivity index (χ2v) is 7.49. The molecular weight excluding hydrogens is 422 g/mol. The predicted molar refractivity (Wildman–Crippen MR) is 116 cm³/mol. The molecule has 8 heteroatoms. The Hall–Kier alpha value is -3.32. The first-order valence-electron chi connectivity index (χ1n) is 9.60. The van der Waals surface area contributed by atoms with Gasteiger partial charge in [0.15, 0.2) is 0 Å². The van der Waals surface area contributed by atoms with E-state index < -0.39 is 17.9 Å². The zero-order valence-corrected chi connectivity index (χ0v) is 18.1. The molecule has 0 bridgehead atoms. The maximum Gasteiger partial charge on any atom is 0.311 e. The van der Waals surface area contributed by atoms with Gasteiger partial charge in [0.2, 0.25) is 0 Å². The number of rotatable bonds is 7. The van der Waals surface area contributed by atoms with Crippen LogP contribution in [0.5, 0.6) is 5.75 Å². The number of carbonyl (C=O) groups excluding carboxylic acids is 2. The van der Waals surface area contributed by atoms with E-state index in [0.29, 0.717) is 38.5 Å². The van der Waals surface area contributed by atoms with Crippen molar-refractivity contribution in [3.63, 3.8) is 0 Å². The van der Waals surface area contributed by atoms with Crippen molar-refractivity contribution < 1.29 is 29.0 Å². The van der Waals surface area contributed by atoms with Gasteiger partial charge in [0.1, 0.15) is 5.75 Å². The first-order valence-corrected chi connectivity index (χ1v) is 9.97. The largest absolute Gasteiger partial charge is 0.497 e. The smallest absolute Gasteiger partial charge is 0.311 e. The Morgan fingerprint density at radius 2 is 1.81 bits per heavy atom. The van der Waals surface area contributed by atoms with Gasteiger partial charge in [-0.1, -0.05) is 11.6 Å². The highest BCUT2D eigenvalue weighted by Gasteiger charge is 2.29. The number of carboxylic acids is 1. The summed E-state index contributed by atoms with van der Waals surface area (Å²) in [5.74, 6) is -2.30. The lowest BCUT2D eigenvalue weighted by atomic mass is 9.93. The number of nitrogens with zero attached hydrogens (tertiary/aromatic N) is 1. The highest BCUT2D eigenvalue weighted by Crippen LogP contribution is 2.36. The second kappa shape index (κ2) is 9.22. The van der Waals surface area contributed by atoms with E-state index in [1.807, 2.05) is 0 Å². The fourth-order valence-electron chi connectivity index (χ4n) is 3.68. The van der Waals surface area contributed by atoms with Gasteiger partial charge in [-0.2, -0.15) is 0 Å². The predicted octanol–water partition coefficient (Wildman–Crippen LogP) is 4.42. The Bertz CT molecular complexity index is 1150. The van der Waals surface area contributed by atoms with Crippen molar-refractivity contribution in [3.8, 4) is 5.75 Å². The highest BCUT2D eigenvalue weighted by molar-refractivity contribution is 6.30. The molecule has 0 saturated heterocycles. The summed E-state index contributed by atoms with van der Waals surface area (Å²) in [7, 11) is 1.51. The molecule has 7 nitrogen and oxygen atoms in total. The summed E-state index contributed by atoms with van der Waals surface area (Å²) in [6, 6.07) is 11.6. The van der Waals surface area contributed by atoms with Crippen molar-refractivity contribution in [3.05, 3.63) is 64.3 Å². The van der Waals surface area contributed by atoms with E-state index in [0.717, 1.165) is 0 Å². The van der Waals surface area contributed by atoms with Crippen LogP contribution in [0.2, 0.25) is 5.02 Å². The topological polar surface area (TPSA) is 94.8 Å². The van der Waals surface area contributed by atoms with Gasteiger partial charge in [0, 0.05) is 28.6 Å². The molecule has 1 N–H and O–H groups in total. The third-order valence-electron chi connectivity index (χ3n) is 5.11. The number of methoxy groups -OCH3 is 1. The third kappa shape index (κ3) is 4.56. The Kier molecular flexibility index (Phi) is 6.65. The van der Waals surface area contributed by atoms with Gasteiger partial charge >= 0.3 is 11.9 Å². The molecule has 1 heterocycles. The molecule has 0 aliphatic carbocycles. The van der Waals surface area contributed by atoms with Gasteiger partial charge in [0.05, 0.1) is 25.2 Å². The number of aromatic nitrogens is 1. The van der Waals surface area contributed by atoms with Crippen molar-refractivity contribution >= 4 is 40.3 Å². The van der Waals surface area contributed by atoms with Crippen molar-refractivity contribution in [2.24, 2.45) is 0 Å². The van der Waals surface area contributed by atoms with E-state index in [9.17, 15) is 19.5 Å². The Morgan fingerprint density at radius 3 is 2.39 bits per heavy atom. The summed E-state index contributed by atoms with van der Waals surface area (Å²) in [5.41, 5.74) is 1.96. The van der Waals surface area contributed by atoms with Gasteiger partial charge in [-0.15, -0.1) is 0 Å². The fourth-order valence-corrected chi connectivity index (χ4v) is 3.81. The molecule has 162 valence electrons. The van der Waals surface area contributed by atoms with Crippen LogP contribution in [0.1, 0.15) is 40.9 Å². The average Bonchev–Trinajstić information content (AvgIpc) is 3.01. The SMILES string of the molecule is COc1ccc2c(c1)c(C(CCOC(C)=O)C(=O)O)c(C)n2C(=O)c1ccc(Cl)cc1. The van der Waals surface area contributed by atoms with Crippen LogP contribution in [-0.4, -0.2) is 41.2 Å². The van der Waals surface area contributed by atoms with Gasteiger partial charge in [0.25, 0.3) is 5.91 Å². The molecule has 1 unspecified atom stereocenters. The van der Waals surface area contributed by atoms with Crippen LogP contribution < -0.4 is 4.74 Å². The molecule has 31 heavy (non-hydrogen) atoms. The molecular formula is C23H22ClNO6. The van der Waals surface area contributed by atoms with E-state index in [4.69, 9.17) is 21.1 Å². The second-order valence-electron chi connectivity index (χ2n) is 7.05. The maximum absolute atomic E-state index is 13.3. The van der Waals surface area contributed by atoms with Crippen LogP contribution >= 0.6 is 11.6 Å². The van der Waals surface area contributed by atoms with Gasteiger partial charge in [-0.05, 0) is 61.4 Å². The molecule has 0 spiro atoms. The number of halogens is 1. The van der Waals surface area contributed by atoms with Crippen molar-refractivity contribution in [1.29, 1.82) is 0 Å². The minimum absolute atomic E-state index is 0.0481. The standard InChI is InChI=1S/C23H22ClNO6/c1-13-21(18(23(28)29)10-11-31-14(2)26)19-12-17(30-3)8-9-20(19)25(13)22(27)15-4-6-16(24)7-5-15/h4-9,12,18H,10-11H2,1-3H3,(H,28,29). The van der Waals surface area contributed by atoms with E-state index in [2.05, 4.69) is 0 Å². The number of benzene rings is 2. The highest BCUT2D eigenvalue weighted by atomic mass is 35.5. The minimum atomic E-state index is -1.07. The maximum atomic E-state index is 13.3. The number of carbonyl (C=O) groups is 3. The zero-order chi connectivity index (χ0) is 22.7. The van der Waals surface area contributed by atoms with E-state index in [1.54, 1.807) is 49.4 Å². The Labute approximate surface area is 184 Å². The van der Waals surface area contributed by atoms with Gasteiger partial charge in [-0.3, -0.25) is 19.0 Å². The molecule has 3 rings (SSSR count). The van der Waals surface area contributed by atoms with Crippen LogP contribution in [0.15, 0.2) is 42.5 Å². The lowest BCUT2D eigenvalue weighted by Gasteiger charge is -2.14. The zero-order valence-electron chi connectivity index (χ0n) is 17.3. The van der Waals surface area contributed by atoms with Crippen LogP contribution in [0.4, 0.5) is 0 Å². The molecule has 0 amide bonds. The lowest BCUT2D eigenvalue weighted by Crippen LogP contribution is -2.18. The molecule has 0 aliphatic rings. The summed E-state index contributed by atoms with van der Waals surface area (Å²) < 4.78 is 11.8. The van der Waals surface area contributed by atoms with E-state index in [-0.39, 0.29) is 18.9 Å². The van der Waals surface area contributed by atoms with E-state index in [1.165, 1.54) is 18.6 Å². The number of hydrogen-bond acceptors (Lipinski definition) is 5. The third-order valence-corrected chi connectivity index (χ3v) is 5.36. The number of carboxylic acid groups (broad SMARTS) is 1. The quantitative estimate of drug-likeness (QED) is 0.543. The van der Waals surface area contributed by atoms with Crippen LogP contribution in [0.25, 0.3) is 10.9 Å². The molecule has 0 saturated carbocycles. The van der Waals surface area contributed by atoms with Gasteiger partial charge in [-0.25, -0.2) is 0 Å². The number of hydrogen-bond donors (Lipinski definition) is 1. The van der Waals surface area contributed by atoms with Crippen LogP contribution in [-0.2, 0) is 14.3 Å². The fraction of sp³-hybridized carbons (Fsp3) is 0.261. The Balaban J connectivity index is 2.19. The average molecular weight is 444 g/mol. The summed E-state index contributed by atoms with van der Waals surface area (Å²) in [6.45, 7) is 2.92. The van der Waals surface area contributed by atoms with Gasteiger partial charge < -0.3 is 14.6 Å². The summed E-state index contributed by atoms with van der Waals surface area (Å²) >= 11 is 5.94. The first-order chi connectivity index (χ1) is 14.7.